The molecule has 3 heteroatoms. The molecule has 0 aromatic carbocycles. The molecule has 1 aliphatic rings. The number of amides is 1. The van der Waals surface area contributed by atoms with Gasteiger partial charge in [0, 0.05) is 12.5 Å². The molecule has 1 saturated heterocycles. The molecule has 0 aromatic heterocycles. The lowest BCUT2D eigenvalue weighted by Crippen LogP contribution is -2.42. The maximum Gasteiger partial charge on any atom is 0.226 e. The van der Waals surface area contributed by atoms with Crippen molar-refractivity contribution in [3.63, 3.8) is 0 Å². The van der Waals surface area contributed by atoms with Crippen LogP contribution in [0.2, 0.25) is 0 Å². The standard InChI is InChI=1S/C17H31NO2/c1-13(2)8-5-6-10-16(14(3)4)17(20)18-11-7-9-15(18)12-19/h5-6,13-16,19H,7-12H2,1-4H3/b6-5-/t15-,16-/m0/s1. The average Bonchev–Trinajstić information content (AvgIpc) is 2.85. The van der Waals surface area contributed by atoms with Gasteiger partial charge in [0.05, 0.1) is 12.6 Å². The first kappa shape index (κ1) is 17.2. The minimum Gasteiger partial charge on any atom is -0.394 e. The zero-order valence-corrected chi connectivity index (χ0v) is 13.5. The van der Waals surface area contributed by atoms with Crippen LogP contribution in [0.1, 0.15) is 53.4 Å². The van der Waals surface area contributed by atoms with E-state index in [0.29, 0.717) is 11.8 Å². The molecule has 0 aromatic rings. The molecular formula is C17H31NO2. The summed E-state index contributed by atoms with van der Waals surface area (Å²) in [7, 11) is 0. The van der Waals surface area contributed by atoms with E-state index in [1.165, 1.54) is 0 Å². The van der Waals surface area contributed by atoms with Crippen LogP contribution in [0.25, 0.3) is 0 Å². The van der Waals surface area contributed by atoms with Crippen LogP contribution >= 0.6 is 0 Å². The van der Waals surface area contributed by atoms with Crippen LogP contribution in [-0.2, 0) is 4.79 Å². The molecule has 2 atom stereocenters. The number of aliphatic hydroxyl groups excluding tert-OH is 1. The second-order valence-corrected chi connectivity index (χ2v) is 6.70. The van der Waals surface area contributed by atoms with E-state index in [2.05, 4.69) is 39.8 Å². The molecule has 0 bridgehead atoms. The Balaban J connectivity index is 2.61. The van der Waals surface area contributed by atoms with E-state index in [0.717, 1.165) is 32.2 Å². The Morgan fingerprint density at radius 3 is 2.45 bits per heavy atom. The highest BCUT2D eigenvalue weighted by molar-refractivity contribution is 5.80. The number of allylic oxidation sites excluding steroid dienone is 2. The summed E-state index contributed by atoms with van der Waals surface area (Å²) in [5.74, 6) is 1.28. The summed E-state index contributed by atoms with van der Waals surface area (Å²) in [6.45, 7) is 9.53. The summed E-state index contributed by atoms with van der Waals surface area (Å²) >= 11 is 0. The van der Waals surface area contributed by atoms with Crippen LogP contribution in [0.4, 0.5) is 0 Å². The Morgan fingerprint density at radius 1 is 1.25 bits per heavy atom. The van der Waals surface area contributed by atoms with E-state index in [1.807, 2.05) is 4.90 Å². The average molecular weight is 281 g/mol. The highest BCUT2D eigenvalue weighted by atomic mass is 16.3. The van der Waals surface area contributed by atoms with Crippen molar-refractivity contribution >= 4 is 5.91 Å². The smallest absolute Gasteiger partial charge is 0.226 e. The minimum absolute atomic E-state index is 0.0448. The topological polar surface area (TPSA) is 40.5 Å². The van der Waals surface area contributed by atoms with Crippen LogP contribution in [0.15, 0.2) is 12.2 Å². The zero-order valence-electron chi connectivity index (χ0n) is 13.5. The molecule has 1 fully saturated rings. The summed E-state index contributed by atoms with van der Waals surface area (Å²) in [5, 5.41) is 9.37. The van der Waals surface area contributed by atoms with Crippen LogP contribution in [0, 0.1) is 17.8 Å². The van der Waals surface area contributed by atoms with Crippen LogP contribution in [0.3, 0.4) is 0 Å². The Morgan fingerprint density at radius 2 is 1.90 bits per heavy atom. The lowest BCUT2D eigenvalue weighted by Gasteiger charge is -2.29. The van der Waals surface area contributed by atoms with Gasteiger partial charge in [-0.3, -0.25) is 4.79 Å². The van der Waals surface area contributed by atoms with Crippen LogP contribution in [-0.4, -0.2) is 35.1 Å². The number of carbonyl (C=O) groups excluding carboxylic acids is 1. The van der Waals surface area contributed by atoms with E-state index < -0.39 is 0 Å². The summed E-state index contributed by atoms with van der Waals surface area (Å²) in [6, 6.07) is 0.0448. The molecule has 0 saturated carbocycles. The van der Waals surface area contributed by atoms with Crippen molar-refractivity contribution in [2.45, 2.75) is 59.4 Å². The number of likely N-dealkylation sites (tertiary alicyclic amines) is 1. The molecule has 1 amide bonds. The summed E-state index contributed by atoms with van der Waals surface area (Å²) in [5.41, 5.74) is 0. The second-order valence-electron chi connectivity index (χ2n) is 6.70. The molecule has 0 unspecified atom stereocenters. The molecule has 1 aliphatic heterocycles. The number of aliphatic hydroxyl groups is 1. The number of carbonyl (C=O) groups is 1. The quantitative estimate of drug-likeness (QED) is 0.728. The Kier molecular flexibility index (Phi) is 7.28. The predicted octanol–water partition coefficient (Wildman–Crippen LogP) is 3.23. The molecule has 1 rings (SSSR count). The maximum absolute atomic E-state index is 12.7. The molecule has 0 spiro atoms. The van der Waals surface area contributed by atoms with E-state index in [4.69, 9.17) is 0 Å². The van der Waals surface area contributed by atoms with Gasteiger partial charge in [-0.05, 0) is 37.5 Å². The molecule has 0 aliphatic carbocycles. The lowest BCUT2D eigenvalue weighted by molar-refractivity contribution is -0.138. The number of rotatable bonds is 7. The number of hydrogen-bond donors (Lipinski definition) is 1. The van der Waals surface area contributed by atoms with Gasteiger partial charge >= 0.3 is 0 Å². The highest BCUT2D eigenvalue weighted by Gasteiger charge is 2.33. The third-order valence-electron chi connectivity index (χ3n) is 4.16. The molecule has 1 N–H and O–H groups in total. The van der Waals surface area contributed by atoms with Gasteiger partial charge in [0.15, 0.2) is 0 Å². The van der Waals surface area contributed by atoms with Crippen molar-refractivity contribution in [3.8, 4) is 0 Å². The van der Waals surface area contributed by atoms with Crippen molar-refractivity contribution in [2.75, 3.05) is 13.2 Å². The normalized spacial score (nSPS) is 21.4. The van der Waals surface area contributed by atoms with Gasteiger partial charge in [0.1, 0.15) is 0 Å². The van der Waals surface area contributed by atoms with Crippen molar-refractivity contribution in [1.29, 1.82) is 0 Å². The largest absolute Gasteiger partial charge is 0.394 e. The number of nitrogens with zero attached hydrogens (tertiary/aromatic N) is 1. The molecule has 116 valence electrons. The van der Waals surface area contributed by atoms with Crippen molar-refractivity contribution in [1.82, 2.24) is 4.90 Å². The van der Waals surface area contributed by atoms with Crippen LogP contribution < -0.4 is 0 Å². The van der Waals surface area contributed by atoms with E-state index in [-0.39, 0.29) is 24.5 Å². The lowest BCUT2D eigenvalue weighted by atomic mass is 9.90. The first-order chi connectivity index (χ1) is 9.47. The Labute approximate surface area is 124 Å². The predicted molar refractivity (Wildman–Crippen MR) is 83.4 cm³/mol. The van der Waals surface area contributed by atoms with Crippen molar-refractivity contribution < 1.29 is 9.90 Å². The van der Waals surface area contributed by atoms with Gasteiger partial charge in [-0.1, -0.05) is 39.8 Å². The van der Waals surface area contributed by atoms with E-state index in [1.54, 1.807) is 0 Å². The zero-order chi connectivity index (χ0) is 15.1. The first-order valence-corrected chi connectivity index (χ1v) is 8.03. The fourth-order valence-corrected chi connectivity index (χ4v) is 2.80. The third kappa shape index (κ3) is 4.93. The molecule has 3 nitrogen and oxygen atoms in total. The van der Waals surface area contributed by atoms with Crippen molar-refractivity contribution in [3.05, 3.63) is 12.2 Å². The second kappa shape index (κ2) is 8.46. The SMILES string of the molecule is CC(C)C/C=C\C[C@H](C(=O)N1CCC[C@H]1CO)C(C)C. The van der Waals surface area contributed by atoms with Gasteiger partial charge < -0.3 is 10.0 Å². The fourth-order valence-electron chi connectivity index (χ4n) is 2.80. The van der Waals surface area contributed by atoms with E-state index in [9.17, 15) is 9.90 Å². The van der Waals surface area contributed by atoms with Crippen LogP contribution in [0.5, 0.6) is 0 Å². The molecule has 0 radical (unpaired) electrons. The van der Waals surface area contributed by atoms with E-state index >= 15 is 0 Å². The van der Waals surface area contributed by atoms with Gasteiger partial charge in [-0.25, -0.2) is 0 Å². The number of hydrogen-bond acceptors (Lipinski definition) is 2. The summed E-state index contributed by atoms with van der Waals surface area (Å²) in [4.78, 5) is 14.6. The molecular weight excluding hydrogens is 250 g/mol. The Hall–Kier alpha value is -0.830. The third-order valence-corrected chi connectivity index (χ3v) is 4.16. The van der Waals surface area contributed by atoms with Gasteiger partial charge in [0.2, 0.25) is 5.91 Å². The molecule has 1 heterocycles. The highest BCUT2D eigenvalue weighted by Crippen LogP contribution is 2.25. The fraction of sp³-hybridized carbons (Fsp3) is 0.824. The minimum atomic E-state index is 0.0448. The van der Waals surface area contributed by atoms with Gasteiger partial charge in [0.25, 0.3) is 0 Å². The maximum atomic E-state index is 12.7. The monoisotopic (exact) mass is 281 g/mol. The van der Waals surface area contributed by atoms with Gasteiger partial charge in [-0.15, -0.1) is 0 Å². The summed E-state index contributed by atoms with van der Waals surface area (Å²) < 4.78 is 0. The summed E-state index contributed by atoms with van der Waals surface area (Å²) in [6.07, 6.45) is 8.20. The van der Waals surface area contributed by atoms with Crippen molar-refractivity contribution in [2.24, 2.45) is 17.8 Å². The first-order valence-electron chi connectivity index (χ1n) is 8.03. The molecule has 20 heavy (non-hydrogen) atoms. The Bertz CT molecular complexity index is 323. The van der Waals surface area contributed by atoms with Gasteiger partial charge in [-0.2, -0.15) is 0 Å².